The third kappa shape index (κ3) is 4.64. The minimum absolute atomic E-state index is 0.165. The molecule has 2 N–H and O–H groups in total. The van der Waals surface area contributed by atoms with Crippen LogP contribution in [0.25, 0.3) is 0 Å². The van der Waals surface area contributed by atoms with E-state index in [0.717, 1.165) is 24.6 Å². The number of anilines is 2. The van der Waals surface area contributed by atoms with Crippen LogP contribution in [0.5, 0.6) is 5.75 Å². The lowest BCUT2D eigenvalue weighted by Crippen LogP contribution is -2.49. The average molecular weight is 515 g/mol. The Morgan fingerprint density at radius 2 is 2.09 bits per heavy atom. The normalized spacial score (nSPS) is 25.7. The van der Waals surface area contributed by atoms with E-state index in [4.69, 9.17) is 13.0 Å². The second-order valence-corrected chi connectivity index (χ2v) is 9.57. The highest BCUT2D eigenvalue weighted by molar-refractivity contribution is 7.91. The SMILES string of the molecule is [2H]C([2H])([2H])Oc1c(N2C[C@@](OC([2H])([2H])[2H])(C(F)(F)F)C[C@H]2C(=O)Nc2ccnc([S@](C)(=N)=O)c2)ccc(F)c1F. The van der Waals surface area contributed by atoms with E-state index < -0.39 is 83.6 Å². The number of hydrogen-bond donors (Lipinski definition) is 2. The van der Waals surface area contributed by atoms with Gasteiger partial charge in [0.05, 0.1) is 37.2 Å². The van der Waals surface area contributed by atoms with Crippen molar-refractivity contribution in [3.05, 3.63) is 42.1 Å². The number of methoxy groups -OCH3 is 2. The highest BCUT2D eigenvalue weighted by Crippen LogP contribution is 2.47. The number of halogens is 5. The fourth-order valence-corrected chi connectivity index (χ4v) is 4.08. The summed E-state index contributed by atoms with van der Waals surface area (Å²) in [6.45, 7) is -1.47. The van der Waals surface area contributed by atoms with Gasteiger partial charge in [-0.2, -0.15) is 17.6 Å². The van der Waals surface area contributed by atoms with Crippen molar-refractivity contribution in [1.82, 2.24) is 4.98 Å². The lowest BCUT2D eigenvalue weighted by atomic mass is 9.99. The average Bonchev–Trinajstić information content (AvgIpc) is 3.15. The maximum atomic E-state index is 14.7. The molecule has 1 aliphatic rings. The molecular formula is C20H21F5N4O4S. The van der Waals surface area contributed by atoms with Crippen molar-refractivity contribution in [3.63, 3.8) is 0 Å². The number of carbonyl (C=O) groups is 1. The molecule has 0 spiro atoms. The molecule has 8 nitrogen and oxygen atoms in total. The molecule has 34 heavy (non-hydrogen) atoms. The lowest BCUT2D eigenvalue weighted by molar-refractivity contribution is -0.261. The van der Waals surface area contributed by atoms with Crippen LogP contribution in [0.4, 0.5) is 33.3 Å². The van der Waals surface area contributed by atoms with Gasteiger partial charge in [-0.25, -0.2) is 18.4 Å². The van der Waals surface area contributed by atoms with Crippen molar-refractivity contribution >= 4 is 27.0 Å². The van der Waals surface area contributed by atoms with Crippen LogP contribution in [0.1, 0.15) is 14.6 Å². The second kappa shape index (κ2) is 8.98. The molecule has 1 aromatic carbocycles. The summed E-state index contributed by atoms with van der Waals surface area (Å²) >= 11 is 0. The van der Waals surface area contributed by atoms with Gasteiger partial charge in [0.15, 0.2) is 17.2 Å². The zero-order chi connectivity index (χ0) is 30.5. The summed E-state index contributed by atoms with van der Waals surface area (Å²) in [6, 6.07) is 1.27. The standard InChI is InChI=1S/C20H21F5N4O4S/c1-32-17-13(5-4-12(21)16(17)22)29-10-19(33-2,20(23,24)25)9-14(29)18(30)28-11-6-7-27-15(8-11)34(3,26)31/h4-8,14,26H,9-10H2,1-3H3,(H,27,28,30)/t14-,19+,34+/m0/s1/i1D3,2D3. The Morgan fingerprint density at radius 3 is 2.71 bits per heavy atom. The van der Waals surface area contributed by atoms with E-state index in [-0.39, 0.29) is 10.7 Å². The number of nitrogens with zero attached hydrogens (tertiary/aromatic N) is 2. The number of rotatable bonds is 6. The first-order valence-corrected chi connectivity index (χ1v) is 11.2. The van der Waals surface area contributed by atoms with E-state index in [1.54, 1.807) is 0 Å². The molecular weight excluding hydrogens is 487 g/mol. The van der Waals surface area contributed by atoms with Gasteiger partial charge < -0.3 is 19.7 Å². The summed E-state index contributed by atoms with van der Waals surface area (Å²) in [5.41, 5.74) is -4.54. The predicted octanol–water partition coefficient (Wildman–Crippen LogP) is 3.57. The molecule has 1 saturated heterocycles. The number of pyridine rings is 1. The number of hydrogen-bond acceptors (Lipinski definition) is 7. The number of nitrogens with one attached hydrogen (secondary N) is 2. The summed E-state index contributed by atoms with van der Waals surface area (Å²) in [5.74, 6) is -6.11. The van der Waals surface area contributed by atoms with Crippen molar-refractivity contribution in [2.45, 2.75) is 29.3 Å². The largest absolute Gasteiger partial charge is 0.491 e. The molecule has 0 saturated carbocycles. The molecule has 0 unspecified atom stereocenters. The molecule has 1 fully saturated rings. The Labute approximate surface area is 200 Å². The molecule has 2 aromatic rings. The highest BCUT2D eigenvalue weighted by Gasteiger charge is 2.63. The van der Waals surface area contributed by atoms with Crippen LogP contribution in [-0.4, -0.2) is 59.8 Å². The molecule has 2 heterocycles. The monoisotopic (exact) mass is 514 g/mol. The fraction of sp³-hybridized carbons (Fsp3) is 0.400. The summed E-state index contributed by atoms with van der Waals surface area (Å²) in [4.78, 5) is 17.5. The Balaban J connectivity index is 2.17. The molecule has 186 valence electrons. The zero-order valence-corrected chi connectivity index (χ0v) is 18.0. The van der Waals surface area contributed by atoms with Gasteiger partial charge in [-0.15, -0.1) is 0 Å². The van der Waals surface area contributed by atoms with Crippen molar-refractivity contribution in [2.75, 3.05) is 37.1 Å². The number of ether oxygens (including phenoxy) is 2. The summed E-state index contributed by atoms with van der Waals surface area (Å²) in [5, 5.41) is 1.95. The van der Waals surface area contributed by atoms with Gasteiger partial charge in [-0.05, 0) is 24.3 Å². The Kier molecular flexibility index (Phi) is 4.85. The Bertz CT molecular complexity index is 1410. The van der Waals surface area contributed by atoms with Crippen LogP contribution < -0.4 is 15.0 Å². The van der Waals surface area contributed by atoms with Crippen LogP contribution in [0.2, 0.25) is 0 Å². The van der Waals surface area contributed by atoms with E-state index in [2.05, 4.69) is 19.8 Å². The maximum Gasteiger partial charge on any atom is 0.419 e. The van der Waals surface area contributed by atoms with Crippen LogP contribution in [0, 0.1) is 16.4 Å². The molecule has 1 aromatic heterocycles. The van der Waals surface area contributed by atoms with Gasteiger partial charge in [0.2, 0.25) is 11.7 Å². The van der Waals surface area contributed by atoms with Gasteiger partial charge in [0, 0.05) is 31.6 Å². The smallest absolute Gasteiger partial charge is 0.419 e. The van der Waals surface area contributed by atoms with Gasteiger partial charge in [0.25, 0.3) is 0 Å². The molecule has 3 rings (SSSR count). The van der Waals surface area contributed by atoms with E-state index >= 15 is 0 Å². The van der Waals surface area contributed by atoms with Crippen molar-refractivity contribution in [2.24, 2.45) is 0 Å². The van der Waals surface area contributed by atoms with Crippen LogP contribution in [-0.2, 0) is 19.3 Å². The molecule has 0 bridgehead atoms. The molecule has 3 atom stereocenters. The lowest BCUT2D eigenvalue weighted by Gasteiger charge is -2.31. The Morgan fingerprint density at radius 1 is 1.35 bits per heavy atom. The summed E-state index contributed by atoms with van der Waals surface area (Å²) in [7, 11) is -10.4. The topological polar surface area (TPSA) is 105 Å². The molecule has 0 radical (unpaired) electrons. The molecule has 1 amide bonds. The third-order valence-electron chi connectivity index (χ3n) is 5.18. The van der Waals surface area contributed by atoms with E-state index in [1.165, 1.54) is 0 Å². The quantitative estimate of drug-likeness (QED) is 0.572. The third-order valence-corrected chi connectivity index (χ3v) is 6.20. The van der Waals surface area contributed by atoms with Gasteiger partial charge >= 0.3 is 6.18 Å². The first-order valence-electron chi connectivity index (χ1n) is 12.2. The molecule has 1 aliphatic heterocycles. The summed E-state index contributed by atoms with van der Waals surface area (Å²) < 4.78 is 144. The van der Waals surface area contributed by atoms with Gasteiger partial charge in [-0.1, -0.05) is 0 Å². The first-order chi connectivity index (χ1) is 18.0. The number of alkyl halides is 3. The van der Waals surface area contributed by atoms with E-state index in [0.29, 0.717) is 17.0 Å². The fourth-order valence-electron chi connectivity index (χ4n) is 3.47. The van der Waals surface area contributed by atoms with E-state index in [9.17, 15) is 31.0 Å². The first kappa shape index (κ1) is 18.3. The second-order valence-electron chi connectivity index (χ2n) is 7.47. The predicted molar refractivity (Wildman–Crippen MR) is 112 cm³/mol. The maximum absolute atomic E-state index is 14.7. The summed E-state index contributed by atoms with van der Waals surface area (Å²) in [6.07, 6.45) is -4.72. The minimum Gasteiger partial charge on any atom is -0.491 e. The van der Waals surface area contributed by atoms with Crippen molar-refractivity contribution in [3.8, 4) is 5.75 Å². The van der Waals surface area contributed by atoms with Crippen LogP contribution >= 0.6 is 0 Å². The van der Waals surface area contributed by atoms with Crippen LogP contribution in [0.3, 0.4) is 0 Å². The minimum atomic E-state index is -5.43. The number of benzene rings is 1. The molecule has 14 heteroatoms. The van der Waals surface area contributed by atoms with Crippen molar-refractivity contribution in [1.29, 1.82) is 4.78 Å². The van der Waals surface area contributed by atoms with Gasteiger partial charge in [0.1, 0.15) is 11.1 Å². The number of aromatic nitrogens is 1. The zero-order valence-electron chi connectivity index (χ0n) is 23.2. The molecule has 0 aliphatic carbocycles. The Hall–Kier alpha value is -3.00. The number of amides is 1. The van der Waals surface area contributed by atoms with Crippen LogP contribution in [0.15, 0.2) is 35.5 Å². The number of carbonyl (C=O) groups excluding carboxylic acids is 1. The van der Waals surface area contributed by atoms with Crippen molar-refractivity contribution < 1.29 is 48.7 Å². The highest BCUT2D eigenvalue weighted by atomic mass is 32.2. The van der Waals surface area contributed by atoms with Gasteiger partial charge in [-0.3, -0.25) is 4.79 Å². The van der Waals surface area contributed by atoms with E-state index in [1.807, 2.05) is 0 Å².